The second kappa shape index (κ2) is 10.2. The monoisotopic (exact) mass is 243 g/mol. The van der Waals surface area contributed by atoms with Crippen molar-refractivity contribution in [2.24, 2.45) is 0 Å². The molecule has 2 heteroatoms. The van der Waals surface area contributed by atoms with E-state index >= 15 is 0 Å². The Morgan fingerprint density at radius 2 is 1.94 bits per heavy atom. The van der Waals surface area contributed by atoms with E-state index in [-0.39, 0.29) is 5.78 Å². The molecule has 1 rings (SSSR count). The fourth-order valence-electron chi connectivity index (χ4n) is 1.34. The van der Waals surface area contributed by atoms with Gasteiger partial charge >= 0.3 is 0 Å². The SMILES string of the molecule is C=C/C=C(\C=C/C)C(=O)Cc1ccncc1.CC. The number of carbonyl (C=O) groups is 1. The number of ketones is 1. The highest BCUT2D eigenvalue weighted by molar-refractivity contribution is 5.99. The minimum Gasteiger partial charge on any atom is -0.294 e. The number of Topliss-reactive ketones (excluding diaryl/α,β-unsaturated/α-hetero) is 1. The Morgan fingerprint density at radius 1 is 1.33 bits per heavy atom. The van der Waals surface area contributed by atoms with Gasteiger partial charge in [0.15, 0.2) is 5.78 Å². The lowest BCUT2D eigenvalue weighted by Gasteiger charge is -2.01. The maximum atomic E-state index is 11.9. The van der Waals surface area contributed by atoms with Crippen molar-refractivity contribution in [3.05, 3.63) is 66.5 Å². The van der Waals surface area contributed by atoms with Crippen LogP contribution >= 0.6 is 0 Å². The van der Waals surface area contributed by atoms with Crippen molar-refractivity contribution < 1.29 is 4.79 Å². The molecule has 2 nitrogen and oxygen atoms in total. The zero-order chi connectivity index (χ0) is 13.8. The molecular weight excluding hydrogens is 222 g/mol. The summed E-state index contributed by atoms with van der Waals surface area (Å²) in [6.07, 6.45) is 10.8. The Labute approximate surface area is 110 Å². The van der Waals surface area contributed by atoms with Crippen LogP contribution < -0.4 is 0 Å². The third-order valence-electron chi connectivity index (χ3n) is 2.08. The van der Waals surface area contributed by atoms with E-state index in [1.165, 1.54) is 0 Å². The van der Waals surface area contributed by atoms with Gasteiger partial charge in [-0.15, -0.1) is 0 Å². The van der Waals surface area contributed by atoms with Gasteiger partial charge in [0.1, 0.15) is 0 Å². The topological polar surface area (TPSA) is 30.0 Å². The zero-order valence-corrected chi connectivity index (χ0v) is 11.4. The smallest absolute Gasteiger partial charge is 0.167 e. The number of nitrogens with zero attached hydrogens (tertiary/aromatic N) is 1. The highest BCUT2D eigenvalue weighted by atomic mass is 16.1. The summed E-state index contributed by atoms with van der Waals surface area (Å²) in [5.74, 6) is 0.0872. The third-order valence-corrected chi connectivity index (χ3v) is 2.08. The summed E-state index contributed by atoms with van der Waals surface area (Å²) in [4.78, 5) is 15.8. The van der Waals surface area contributed by atoms with Crippen molar-refractivity contribution in [3.8, 4) is 0 Å². The molecular formula is C16H21NO. The van der Waals surface area contributed by atoms with Crippen LogP contribution in [0.5, 0.6) is 0 Å². The fourth-order valence-corrected chi connectivity index (χ4v) is 1.34. The van der Waals surface area contributed by atoms with Gasteiger partial charge in [0.05, 0.1) is 0 Å². The van der Waals surface area contributed by atoms with Crippen LogP contribution in [-0.2, 0) is 11.2 Å². The highest BCUT2D eigenvalue weighted by Crippen LogP contribution is 2.06. The van der Waals surface area contributed by atoms with Gasteiger partial charge in [-0.3, -0.25) is 9.78 Å². The van der Waals surface area contributed by atoms with Gasteiger partial charge in [0.25, 0.3) is 0 Å². The Kier molecular flexibility index (Phi) is 9.10. The molecule has 0 fully saturated rings. The van der Waals surface area contributed by atoms with Crippen molar-refractivity contribution in [1.82, 2.24) is 4.98 Å². The van der Waals surface area contributed by atoms with Crippen LogP contribution in [0.3, 0.4) is 0 Å². The maximum absolute atomic E-state index is 11.9. The second-order valence-corrected chi connectivity index (χ2v) is 3.31. The molecule has 0 saturated carbocycles. The minimum atomic E-state index is 0.0872. The summed E-state index contributed by atoms with van der Waals surface area (Å²) in [5, 5.41) is 0. The Balaban J connectivity index is 0.00000137. The number of carbonyl (C=O) groups excluding carboxylic acids is 1. The molecule has 0 aliphatic heterocycles. The van der Waals surface area contributed by atoms with E-state index in [2.05, 4.69) is 11.6 Å². The average molecular weight is 243 g/mol. The molecule has 0 bridgehead atoms. The average Bonchev–Trinajstić information content (AvgIpc) is 2.42. The summed E-state index contributed by atoms with van der Waals surface area (Å²) >= 11 is 0. The first-order chi connectivity index (χ1) is 8.77. The lowest BCUT2D eigenvalue weighted by Crippen LogP contribution is -2.04. The van der Waals surface area contributed by atoms with Crippen LogP contribution in [0.15, 0.2) is 61.0 Å². The van der Waals surface area contributed by atoms with Crippen molar-refractivity contribution in [3.63, 3.8) is 0 Å². The van der Waals surface area contributed by atoms with Crippen LogP contribution in [0.4, 0.5) is 0 Å². The Morgan fingerprint density at radius 3 is 2.44 bits per heavy atom. The predicted molar refractivity (Wildman–Crippen MR) is 77.4 cm³/mol. The number of hydrogen-bond donors (Lipinski definition) is 0. The number of rotatable bonds is 5. The molecule has 0 amide bonds. The number of pyridine rings is 1. The van der Waals surface area contributed by atoms with E-state index in [9.17, 15) is 4.79 Å². The van der Waals surface area contributed by atoms with Gasteiger partial charge in [-0.05, 0) is 24.6 Å². The molecule has 1 aromatic heterocycles. The molecule has 0 aliphatic rings. The summed E-state index contributed by atoms with van der Waals surface area (Å²) < 4.78 is 0. The van der Waals surface area contributed by atoms with E-state index in [0.717, 1.165) is 5.56 Å². The van der Waals surface area contributed by atoms with Crippen molar-refractivity contribution in [2.75, 3.05) is 0 Å². The molecule has 0 N–H and O–H groups in total. The molecule has 0 aromatic carbocycles. The van der Waals surface area contributed by atoms with Crippen LogP contribution in [0.25, 0.3) is 0 Å². The third kappa shape index (κ3) is 5.94. The van der Waals surface area contributed by atoms with Gasteiger partial charge in [-0.2, -0.15) is 0 Å². The van der Waals surface area contributed by atoms with Gasteiger partial charge in [-0.25, -0.2) is 0 Å². The van der Waals surface area contributed by atoms with Crippen LogP contribution in [0.2, 0.25) is 0 Å². The Bertz CT molecular complexity index is 416. The van der Waals surface area contributed by atoms with E-state index in [1.54, 1.807) is 30.6 Å². The molecule has 0 radical (unpaired) electrons. The van der Waals surface area contributed by atoms with Gasteiger partial charge in [0.2, 0.25) is 0 Å². The van der Waals surface area contributed by atoms with E-state index in [0.29, 0.717) is 12.0 Å². The summed E-state index contributed by atoms with van der Waals surface area (Å²) in [7, 11) is 0. The van der Waals surface area contributed by atoms with Crippen LogP contribution in [0, 0.1) is 0 Å². The molecule has 1 aromatic rings. The molecule has 0 atom stereocenters. The lowest BCUT2D eigenvalue weighted by atomic mass is 10.0. The summed E-state index contributed by atoms with van der Waals surface area (Å²) in [6.45, 7) is 9.49. The second-order valence-electron chi connectivity index (χ2n) is 3.31. The standard InChI is InChI=1S/C14H15NO.C2H6/c1-3-5-13(6-4-2)14(16)11-12-7-9-15-10-8-12;1-2/h3-10H,1,11H2,2H3;1-2H3/b6-4-,13-5+;. The summed E-state index contributed by atoms with van der Waals surface area (Å²) in [5.41, 5.74) is 1.65. The zero-order valence-electron chi connectivity index (χ0n) is 11.4. The predicted octanol–water partition coefficient (Wildman–Crippen LogP) is 3.91. The van der Waals surface area contributed by atoms with E-state index < -0.39 is 0 Å². The number of allylic oxidation sites excluding steroid dienone is 5. The van der Waals surface area contributed by atoms with Crippen LogP contribution in [0.1, 0.15) is 26.3 Å². The van der Waals surface area contributed by atoms with Crippen LogP contribution in [-0.4, -0.2) is 10.8 Å². The van der Waals surface area contributed by atoms with E-state index in [4.69, 9.17) is 0 Å². The van der Waals surface area contributed by atoms with E-state index in [1.807, 2.05) is 39.0 Å². The summed E-state index contributed by atoms with van der Waals surface area (Å²) in [6, 6.07) is 3.69. The van der Waals surface area contributed by atoms with Crippen molar-refractivity contribution in [1.29, 1.82) is 0 Å². The lowest BCUT2D eigenvalue weighted by molar-refractivity contribution is -0.114. The normalized spacial score (nSPS) is 10.7. The molecule has 1 heterocycles. The minimum absolute atomic E-state index is 0.0872. The molecule has 96 valence electrons. The molecule has 0 aliphatic carbocycles. The van der Waals surface area contributed by atoms with Crippen molar-refractivity contribution in [2.45, 2.75) is 27.2 Å². The van der Waals surface area contributed by atoms with Crippen molar-refractivity contribution >= 4 is 5.78 Å². The first-order valence-corrected chi connectivity index (χ1v) is 6.15. The molecule has 0 saturated heterocycles. The highest BCUT2D eigenvalue weighted by Gasteiger charge is 2.06. The quantitative estimate of drug-likeness (QED) is 0.579. The molecule has 18 heavy (non-hydrogen) atoms. The Hall–Kier alpha value is -1.96. The van der Waals surface area contributed by atoms with Gasteiger partial charge in [-0.1, -0.05) is 44.7 Å². The number of aromatic nitrogens is 1. The molecule has 0 spiro atoms. The van der Waals surface area contributed by atoms with Gasteiger partial charge in [0, 0.05) is 24.4 Å². The fraction of sp³-hybridized carbons (Fsp3) is 0.250. The molecule has 0 unspecified atom stereocenters. The van der Waals surface area contributed by atoms with Gasteiger partial charge < -0.3 is 0 Å². The first-order valence-electron chi connectivity index (χ1n) is 6.15. The first kappa shape index (κ1) is 16.0. The number of hydrogen-bond acceptors (Lipinski definition) is 2. The largest absolute Gasteiger partial charge is 0.294 e. The maximum Gasteiger partial charge on any atom is 0.167 e.